The van der Waals surface area contributed by atoms with Gasteiger partial charge in [0.1, 0.15) is 17.3 Å². The first-order valence-electron chi connectivity index (χ1n) is 5.57. The van der Waals surface area contributed by atoms with Crippen LogP contribution < -0.4 is 5.73 Å². The smallest absolute Gasteiger partial charge is 0.123 e. The van der Waals surface area contributed by atoms with Crippen molar-refractivity contribution >= 4 is 0 Å². The summed E-state index contributed by atoms with van der Waals surface area (Å²) in [5.41, 5.74) is 8.94. The standard InChI is InChI=1S/C14H16FNO/c1-8-6-11(15)4-5-12(8)14(16)13-7-9(2)17-10(13)3/h4-7,14H,16H2,1-3H3. The third-order valence-corrected chi connectivity index (χ3v) is 2.98. The highest BCUT2D eigenvalue weighted by atomic mass is 19.1. The van der Waals surface area contributed by atoms with E-state index in [1.807, 2.05) is 26.8 Å². The fourth-order valence-corrected chi connectivity index (χ4v) is 2.11. The van der Waals surface area contributed by atoms with Gasteiger partial charge in [-0.15, -0.1) is 0 Å². The van der Waals surface area contributed by atoms with Gasteiger partial charge in [-0.2, -0.15) is 0 Å². The Morgan fingerprint density at radius 1 is 1.12 bits per heavy atom. The van der Waals surface area contributed by atoms with E-state index in [1.165, 1.54) is 12.1 Å². The molecule has 2 rings (SSSR count). The molecule has 2 nitrogen and oxygen atoms in total. The molecule has 1 aromatic carbocycles. The summed E-state index contributed by atoms with van der Waals surface area (Å²) in [6.45, 7) is 5.64. The van der Waals surface area contributed by atoms with Crippen LogP contribution in [0.1, 0.15) is 34.3 Å². The van der Waals surface area contributed by atoms with Crippen LogP contribution in [0.3, 0.4) is 0 Å². The lowest BCUT2D eigenvalue weighted by molar-refractivity contribution is 0.499. The number of nitrogens with two attached hydrogens (primary N) is 1. The monoisotopic (exact) mass is 233 g/mol. The molecule has 2 N–H and O–H groups in total. The second kappa shape index (κ2) is 4.34. The molecule has 3 heteroatoms. The van der Waals surface area contributed by atoms with Crippen molar-refractivity contribution in [1.29, 1.82) is 0 Å². The Hall–Kier alpha value is -1.61. The van der Waals surface area contributed by atoms with Gasteiger partial charge >= 0.3 is 0 Å². The number of hydrogen-bond acceptors (Lipinski definition) is 2. The highest BCUT2D eigenvalue weighted by molar-refractivity contribution is 5.38. The van der Waals surface area contributed by atoms with Crippen molar-refractivity contribution < 1.29 is 8.81 Å². The van der Waals surface area contributed by atoms with Gasteiger partial charge in [-0.25, -0.2) is 4.39 Å². The summed E-state index contributed by atoms with van der Waals surface area (Å²) in [5, 5.41) is 0. The summed E-state index contributed by atoms with van der Waals surface area (Å²) in [6.07, 6.45) is 0. The second-order valence-corrected chi connectivity index (χ2v) is 4.35. The van der Waals surface area contributed by atoms with Crippen LogP contribution >= 0.6 is 0 Å². The molecule has 90 valence electrons. The highest BCUT2D eigenvalue weighted by Gasteiger charge is 2.16. The van der Waals surface area contributed by atoms with Gasteiger partial charge in [-0.1, -0.05) is 6.07 Å². The van der Waals surface area contributed by atoms with Gasteiger partial charge < -0.3 is 10.2 Å². The third-order valence-electron chi connectivity index (χ3n) is 2.98. The van der Waals surface area contributed by atoms with Crippen molar-refractivity contribution in [2.24, 2.45) is 5.73 Å². The van der Waals surface area contributed by atoms with Crippen LogP contribution in [0.15, 0.2) is 28.7 Å². The van der Waals surface area contributed by atoms with Crippen molar-refractivity contribution in [3.05, 3.63) is 58.3 Å². The summed E-state index contributed by atoms with van der Waals surface area (Å²) in [4.78, 5) is 0. The lowest BCUT2D eigenvalue weighted by Crippen LogP contribution is -2.13. The van der Waals surface area contributed by atoms with Crippen LogP contribution in [-0.4, -0.2) is 0 Å². The van der Waals surface area contributed by atoms with Crippen molar-refractivity contribution in [2.75, 3.05) is 0 Å². The van der Waals surface area contributed by atoms with Crippen LogP contribution in [0.25, 0.3) is 0 Å². The summed E-state index contributed by atoms with van der Waals surface area (Å²) >= 11 is 0. The molecule has 1 atom stereocenters. The van der Waals surface area contributed by atoms with E-state index in [9.17, 15) is 4.39 Å². The quantitative estimate of drug-likeness (QED) is 0.863. The Balaban J connectivity index is 2.43. The largest absolute Gasteiger partial charge is 0.466 e. The van der Waals surface area contributed by atoms with E-state index in [2.05, 4.69) is 0 Å². The molecule has 1 aromatic heterocycles. The molecule has 0 aliphatic carbocycles. The summed E-state index contributed by atoms with van der Waals surface area (Å²) in [7, 11) is 0. The predicted molar refractivity (Wildman–Crippen MR) is 65.3 cm³/mol. The number of halogens is 1. The summed E-state index contributed by atoms with van der Waals surface area (Å²) in [5.74, 6) is 1.42. The lowest BCUT2D eigenvalue weighted by Gasteiger charge is -2.14. The highest BCUT2D eigenvalue weighted by Crippen LogP contribution is 2.27. The molecular weight excluding hydrogens is 217 g/mol. The van der Waals surface area contributed by atoms with Crippen molar-refractivity contribution in [2.45, 2.75) is 26.8 Å². The SMILES string of the molecule is Cc1cc(C(N)c2ccc(F)cc2C)c(C)o1. The van der Waals surface area contributed by atoms with E-state index in [0.717, 1.165) is 28.2 Å². The van der Waals surface area contributed by atoms with Gasteiger partial charge in [0, 0.05) is 5.56 Å². The maximum atomic E-state index is 13.0. The maximum absolute atomic E-state index is 13.0. The minimum Gasteiger partial charge on any atom is -0.466 e. The molecule has 1 heterocycles. The van der Waals surface area contributed by atoms with Crippen molar-refractivity contribution in [3.8, 4) is 0 Å². The van der Waals surface area contributed by atoms with Crippen molar-refractivity contribution in [1.82, 2.24) is 0 Å². The van der Waals surface area contributed by atoms with Gasteiger partial charge in [-0.3, -0.25) is 0 Å². The fraction of sp³-hybridized carbons (Fsp3) is 0.286. The molecule has 17 heavy (non-hydrogen) atoms. The minimum atomic E-state index is -0.270. The molecule has 0 saturated heterocycles. The number of rotatable bonds is 2. The van der Waals surface area contributed by atoms with E-state index < -0.39 is 0 Å². The molecule has 1 unspecified atom stereocenters. The normalized spacial score (nSPS) is 12.8. The second-order valence-electron chi connectivity index (χ2n) is 4.35. The number of benzene rings is 1. The van der Waals surface area contributed by atoms with E-state index in [4.69, 9.17) is 10.2 Å². The molecule has 0 fully saturated rings. The van der Waals surface area contributed by atoms with Crippen LogP contribution in [0, 0.1) is 26.6 Å². The molecule has 0 radical (unpaired) electrons. The van der Waals surface area contributed by atoms with Crippen LogP contribution in [0.4, 0.5) is 4.39 Å². The number of aryl methyl sites for hydroxylation is 3. The van der Waals surface area contributed by atoms with E-state index in [-0.39, 0.29) is 11.9 Å². The van der Waals surface area contributed by atoms with E-state index in [1.54, 1.807) is 6.07 Å². The first kappa shape index (κ1) is 11.9. The van der Waals surface area contributed by atoms with Gasteiger partial charge in [-0.05, 0) is 50.1 Å². The molecule has 0 spiro atoms. The first-order chi connectivity index (χ1) is 7.99. The molecule has 0 bridgehead atoms. The van der Waals surface area contributed by atoms with Gasteiger partial charge in [0.2, 0.25) is 0 Å². The van der Waals surface area contributed by atoms with E-state index in [0.29, 0.717) is 0 Å². The Labute approximate surface area is 100 Å². The minimum absolute atomic E-state index is 0.237. The summed E-state index contributed by atoms with van der Waals surface area (Å²) < 4.78 is 18.5. The van der Waals surface area contributed by atoms with Crippen LogP contribution in [-0.2, 0) is 0 Å². The lowest BCUT2D eigenvalue weighted by atomic mass is 9.96. The summed E-state index contributed by atoms with van der Waals surface area (Å²) in [6, 6.07) is 6.33. The topological polar surface area (TPSA) is 39.2 Å². The zero-order valence-corrected chi connectivity index (χ0v) is 10.3. The van der Waals surface area contributed by atoms with Gasteiger partial charge in [0.25, 0.3) is 0 Å². The molecule has 0 amide bonds. The Kier molecular flexibility index (Phi) is 3.03. The van der Waals surface area contributed by atoms with Gasteiger partial charge in [0.15, 0.2) is 0 Å². The predicted octanol–water partition coefficient (Wildman–Crippen LogP) is 3.39. The maximum Gasteiger partial charge on any atom is 0.123 e. The molecule has 0 aliphatic heterocycles. The Morgan fingerprint density at radius 2 is 1.82 bits per heavy atom. The molecule has 0 aliphatic rings. The average Bonchev–Trinajstić information content (AvgIpc) is 2.57. The van der Waals surface area contributed by atoms with Crippen LogP contribution in [0.5, 0.6) is 0 Å². The Bertz CT molecular complexity index is 545. The number of hydrogen-bond donors (Lipinski definition) is 1. The number of furan rings is 1. The molecule has 0 saturated carbocycles. The Morgan fingerprint density at radius 3 is 2.35 bits per heavy atom. The van der Waals surface area contributed by atoms with E-state index >= 15 is 0 Å². The van der Waals surface area contributed by atoms with Crippen molar-refractivity contribution in [3.63, 3.8) is 0 Å². The van der Waals surface area contributed by atoms with Crippen LogP contribution in [0.2, 0.25) is 0 Å². The first-order valence-corrected chi connectivity index (χ1v) is 5.57. The third kappa shape index (κ3) is 2.24. The zero-order chi connectivity index (χ0) is 12.6. The average molecular weight is 233 g/mol. The fourth-order valence-electron chi connectivity index (χ4n) is 2.11. The molecule has 2 aromatic rings. The van der Waals surface area contributed by atoms with Gasteiger partial charge in [0.05, 0.1) is 6.04 Å². The molecular formula is C14H16FNO. The zero-order valence-electron chi connectivity index (χ0n) is 10.3.